The number of amides is 1. The van der Waals surface area contributed by atoms with E-state index in [9.17, 15) is 4.79 Å². The molecule has 0 radical (unpaired) electrons. The average molecular weight is 342 g/mol. The second-order valence-corrected chi connectivity index (χ2v) is 6.69. The van der Waals surface area contributed by atoms with Gasteiger partial charge in [-0.2, -0.15) is 5.10 Å². The van der Waals surface area contributed by atoms with Crippen LogP contribution in [0.5, 0.6) is 0 Å². The number of hydrogen-bond acceptors (Lipinski definition) is 6. The minimum Gasteiger partial charge on any atom is -0.338 e. The average Bonchev–Trinajstić information content (AvgIpc) is 3.29. The highest BCUT2D eigenvalue weighted by Crippen LogP contribution is 2.29. The van der Waals surface area contributed by atoms with E-state index in [2.05, 4.69) is 19.7 Å². The van der Waals surface area contributed by atoms with Gasteiger partial charge < -0.3 is 4.90 Å². The molecule has 0 N–H and O–H groups in total. The van der Waals surface area contributed by atoms with E-state index in [0.717, 1.165) is 43.7 Å². The smallest absolute Gasteiger partial charge is 0.267 e. The number of carbonyl (C=O) groups is 1. The summed E-state index contributed by atoms with van der Waals surface area (Å²) in [5.41, 5.74) is 2.85. The Balaban J connectivity index is 1.49. The highest BCUT2D eigenvalue weighted by Gasteiger charge is 2.28. The number of aromatic nitrogens is 5. The molecule has 0 spiro atoms. The third-order valence-electron chi connectivity index (χ3n) is 4.60. The Morgan fingerprint density at radius 3 is 2.92 bits per heavy atom. The molecule has 1 saturated heterocycles. The SMILES string of the molecule is CCc1nnsc1C(=O)N1CCC(c2ccnc3ccnn23)CC1. The summed E-state index contributed by atoms with van der Waals surface area (Å²) in [7, 11) is 0. The van der Waals surface area contributed by atoms with Crippen LogP contribution in [0.15, 0.2) is 24.5 Å². The van der Waals surface area contributed by atoms with E-state index in [4.69, 9.17) is 0 Å². The van der Waals surface area contributed by atoms with Crippen molar-refractivity contribution in [1.29, 1.82) is 0 Å². The number of piperidine rings is 1. The molecule has 1 amide bonds. The van der Waals surface area contributed by atoms with E-state index in [1.807, 2.05) is 34.7 Å². The van der Waals surface area contributed by atoms with Crippen molar-refractivity contribution < 1.29 is 4.79 Å². The normalized spacial score (nSPS) is 16.0. The molecular formula is C16H18N6OS. The molecule has 3 aromatic heterocycles. The van der Waals surface area contributed by atoms with E-state index < -0.39 is 0 Å². The van der Waals surface area contributed by atoms with Gasteiger partial charge in [0.1, 0.15) is 4.88 Å². The summed E-state index contributed by atoms with van der Waals surface area (Å²) in [6, 6.07) is 3.94. The third-order valence-corrected chi connectivity index (χ3v) is 5.36. The van der Waals surface area contributed by atoms with Crippen LogP contribution in [0.4, 0.5) is 0 Å². The van der Waals surface area contributed by atoms with Gasteiger partial charge in [0.15, 0.2) is 5.65 Å². The molecule has 1 aliphatic rings. The van der Waals surface area contributed by atoms with Crippen LogP contribution in [0, 0.1) is 0 Å². The maximum atomic E-state index is 12.7. The van der Waals surface area contributed by atoms with Crippen LogP contribution in [0.3, 0.4) is 0 Å². The molecule has 0 unspecified atom stereocenters. The van der Waals surface area contributed by atoms with Crippen molar-refractivity contribution in [3.8, 4) is 0 Å². The number of hydrogen-bond donors (Lipinski definition) is 0. The van der Waals surface area contributed by atoms with Crippen LogP contribution < -0.4 is 0 Å². The Labute approximate surface area is 143 Å². The summed E-state index contributed by atoms with van der Waals surface area (Å²) >= 11 is 1.20. The molecule has 24 heavy (non-hydrogen) atoms. The Kier molecular flexibility index (Phi) is 3.97. The van der Waals surface area contributed by atoms with Crippen molar-refractivity contribution in [2.75, 3.05) is 13.1 Å². The fourth-order valence-corrected chi connectivity index (χ4v) is 4.01. The molecule has 0 aliphatic carbocycles. The highest BCUT2D eigenvalue weighted by molar-refractivity contribution is 7.08. The van der Waals surface area contributed by atoms with Crippen molar-refractivity contribution in [2.24, 2.45) is 0 Å². The standard InChI is InChI=1S/C16H18N6OS/c1-2-12-15(24-20-19-12)16(23)21-9-5-11(6-10-21)13-3-7-17-14-4-8-18-22(13)14/h3-4,7-8,11H,2,5-6,9-10H2,1H3. The van der Waals surface area contributed by atoms with E-state index in [0.29, 0.717) is 10.8 Å². The first-order valence-electron chi connectivity index (χ1n) is 8.17. The Hall–Kier alpha value is -2.35. The predicted octanol–water partition coefficient (Wildman–Crippen LogP) is 2.16. The van der Waals surface area contributed by atoms with Gasteiger partial charge in [-0.1, -0.05) is 11.4 Å². The zero-order valence-electron chi connectivity index (χ0n) is 13.4. The van der Waals surface area contributed by atoms with Gasteiger partial charge in [-0.05, 0) is 36.9 Å². The molecule has 124 valence electrons. The fourth-order valence-electron chi connectivity index (χ4n) is 3.29. The van der Waals surface area contributed by atoms with Crippen LogP contribution in [-0.4, -0.2) is 48.1 Å². The summed E-state index contributed by atoms with van der Waals surface area (Å²) < 4.78 is 5.83. The van der Waals surface area contributed by atoms with Gasteiger partial charge in [0, 0.05) is 37.0 Å². The number of fused-ring (bicyclic) bond motifs is 1. The molecule has 1 fully saturated rings. The Morgan fingerprint density at radius 1 is 1.29 bits per heavy atom. The lowest BCUT2D eigenvalue weighted by molar-refractivity contribution is 0.0715. The third kappa shape index (κ3) is 2.56. The lowest BCUT2D eigenvalue weighted by atomic mass is 9.93. The summed E-state index contributed by atoms with van der Waals surface area (Å²) in [5.74, 6) is 0.462. The van der Waals surface area contributed by atoms with E-state index in [1.54, 1.807) is 6.20 Å². The molecule has 0 atom stereocenters. The van der Waals surface area contributed by atoms with Gasteiger partial charge in [-0.25, -0.2) is 9.50 Å². The van der Waals surface area contributed by atoms with E-state index in [1.165, 1.54) is 17.2 Å². The molecular weight excluding hydrogens is 324 g/mol. The van der Waals surface area contributed by atoms with Gasteiger partial charge >= 0.3 is 0 Å². The van der Waals surface area contributed by atoms with Crippen LogP contribution in [0.25, 0.3) is 5.65 Å². The van der Waals surface area contributed by atoms with Crippen molar-refractivity contribution >= 4 is 23.1 Å². The van der Waals surface area contributed by atoms with Crippen LogP contribution in [0.2, 0.25) is 0 Å². The quantitative estimate of drug-likeness (QED) is 0.729. The molecule has 0 bridgehead atoms. The number of aryl methyl sites for hydroxylation is 1. The van der Waals surface area contributed by atoms with Gasteiger partial charge in [-0.15, -0.1) is 5.10 Å². The Morgan fingerprint density at radius 2 is 2.12 bits per heavy atom. The summed E-state index contributed by atoms with van der Waals surface area (Å²) in [6.07, 6.45) is 6.20. The number of likely N-dealkylation sites (tertiary alicyclic amines) is 1. The number of rotatable bonds is 3. The van der Waals surface area contributed by atoms with Gasteiger partial charge in [0.05, 0.1) is 11.9 Å². The maximum Gasteiger partial charge on any atom is 0.267 e. The molecule has 0 saturated carbocycles. The Bertz CT molecular complexity index is 864. The largest absolute Gasteiger partial charge is 0.338 e. The number of carbonyl (C=O) groups excluding carboxylic acids is 1. The number of nitrogens with zero attached hydrogens (tertiary/aromatic N) is 6. The fraction of sp³-hybridized carbons (Fsp3) is 0.438. The first-order valence-corrected chi connectivity index (χ1v) is 8.94. The molecule has 0 aromatic carbocycles. The van der Waals surface area contributed by atoms with E-state index >= 15 is 0 Å². The first kappa shape index (κ1) is 15.2. The van der Waals surface area contributed by atoms with Gasteiger partial charge in [0.2, 0.25) is 0 Å². The molecule has 3 aromatic rings. The molecule has 8 heteroatoms. The second-order valence-electron chi connectivity index (χ2n) is 5.94. The summed E-state index contributed by atoms with van der Waals surface area (Å²) in [4.78, 5) is 19.6. The zero-order valence-corrected chi connectivity index (χ0v) is 14.2. The predicted molar refractivity (Wildman–Crippen MR) is 90.2 cm³/mol. The van der Waals surface area contributed by atoms with Crippen molar-refractivity contribution in [3.63, 3.8) is 0 Å². The maximum absolute atomic E-state index is 12.7. The molecule has 4 rings (SSSR count). The van der Waals surface area contributed by atoms with Crippen LogP contribution in [0.1, 0.15) is 46.7 Å². The monoisotopic (exact) mass is 342 g/mol. The topological polar surface area (TPSA) is 76.3 Å². The second kappa shape index (κ2) is 6.27. The lowest BCUT2D eigenvalue weighted by Gasteiger charge is -2.32. The summed E-state index contributed by atoms with van der Waals surface area (Å²) in [6.45, 7) is 3.49. The van der Waals surface area contributed by atoms with E-state index in [-0.39, 0.29) is 5.91 Å². The van der Waals surface area contributed by atoms with Gasteiger partial charge in [-0.3, -0.25) is 4.79 Å². The lowest BCUT2D eigenvalue weighted by Crippen LogP contribution is -2.38. The van der Waals surface area contributed by atoms with Crippen molar-refractivity contribution in [3.05, 3.63) is 40.8 Å². The molecule has 7 nitrogen and oxygen atoms in total. The summed E-state index contributed by atoms with van der Waals surface area (Å²) in [5, 5.41) is 8.41. The molecule has 4 heterocycles. The van der Waals surface area contributed by atoms with Crippen molar-refractivity contribution in [1.82, 2.24) is 29.1 Å². The highest BCUT2D eigenvalue weighted by atomic mass is 32.1. The van der Waals surface area contributed by atoms with Crippen LogP contribution in [-0.2, 0) is 6.42 Å². The van der Waals surface area contributed by atoms with Crippen LogP contribution >= 0.6 is 11.5 Å². The minimum absolute atomic E-state index is 0.0688. The van der Waals surface area contributed by atoms with Crippen molar-refractivity contribution in [2.45, 2.75) is 32.1 Å². The minimum atomic E-state index is 0.0688. The zero-order chi connectivity index (χ0) is 16.5. The first-order chi connectivity index (χ1) is 11.8. The molecule has 1 aliphatic heterocycles. The van der Waals surface area contributed by atoms with Gasteiger partial charge in [0.25, 0.3) is 5.91 Å².